The highest BCUT2D eigenvalue weighted by molar-refractivity contribution is 5.85. The fraction of sp³-hybridized carbons (Fsp3) is 0.867. The SMILES string of the molecule is CNCC(C)C(=O)N1C(C(=O)O)CCC2CCCCC21. The maximum atomic E-state index is 12.7. The molecule has 2 rings (SSSR count). The van der Waals surface area contributed by atoms with Gasteiger partial charge in [-0.2, -0.15) is 0 Å². The molecule has 2 fully saturated rings. The van der Waals surface area contributed by atoms with Crippen molar-refractivity contribution in [3.8, 4) is 0 Å². The van der Waals surface area contributed by atoms with E-state index in [9.17, 15) is 14.7 Å². The molecule has 0 aromatic carbocycles. The zero-order valence-electron chi connectivity index (χ0n) is 12.5. The molecule has 0 spiro atoms. The molecule has 1 saturated carbocycles. The Kier molecular flexibility index (Phi) is 5.02. The quantitative estimate of drug-likeness (QED) is 0.819. The second-order valence-corrected chi connectivity index (χ2v) is 6.25. The van der Waals surface area contributed by atoms with Crippen molar-refractivity contribution in [3.63, 3.8) is 0 Å². The zero-order chi connectivity index (χ0) is 14.7. The molecule has 1 aliphatic heterocycles. The fourth-order valence-corrected chi connectivity index (χ4v) is 3.84. The molecule has 0 bridgehead atoms. The summed E-state index contributed by atoms with van der Waals surface area (Å²) in [6.07, 6.45) is 5.98. The van der Waals surface area contributed by atoms with Gasteiger partial charge in [-0.15, -0.1) is 0 Å². The molecule has 0 aromatic rings. The lowest BCUT2D eigenvalue weighted by atomic mass is 9.76. The molecule has 1 amide bonds. The summed E-state index contributed by atoms with van der Waals surface area (Å²) < 4.78 is 0. The molecule has 0 aromatic heterocycles. The Bertz CT molecular complexity index is 372. The Labute approximate surface area is 120 Å². The summed E-state index contributed by atoms with van der Waals surface area (Å²) in [7, 11) is 1.82. The summed E-state index contributed by atoms with van der Waals surface area (Å²) in [5, 5.41) is 12.5. The Morgan fingerprint density at radius 1 is 1.25 bits per heavy atom. The molecule has 4 atom stereocenters. The third kappa shape index (κ3) is 2.97. The molecule has 4 unspecified atom stereocenters. The van der Waals surface area contributed by atoms with Crippen LogP contribution in [0.2, 0.25) is 0 Å². The first-order valence-corrected chi connectivity index (χ1v) is 7.75. The van der Waals surface area contributed by atoms with E-state index in [0.717, 1.165) is 25.7 Å². The van der Waals surface area contributed by atoms with Gasteiger partial charge in [0.15, 0.2) is 0 Å². The second kappa shape index (κ2) is 6.57. The molecule has 5 nitrogen and oxygen atoms in total. The van der Waals surface area contributed by atoms with Crippen molar-refractivity contribution in [2.24, 2.45) is 11.8 Å². The van der Waals surface area contributed by atoms with Crippen molar-refractivity contribution in [2.45, 2.75) is 57.5 Å². The molecule has 2 N–H and O–H groups in total. The van der Waals surface area contributed by atoms with Gasteiger partial charge < -0.3 is 15.3 Å². The number of carboxylic acid groups (broad SMARTS) is 1. The number of hydrogen-bond acceptors (Lipinski definition) is 3. The monoisotopic (exact) mass is 282 g/mol. The van der Waals surface area contributed by atoms with Gasteiger partial charge >= 0.3 is 5.97 Å². The molecular formula is C15H26N2O3. The van der Waals surface area contributed by atoms with Crippen LogP contribution in [0.15, 0.2) is 0 Å². The minimum Gasteiger partial charge on any atom is -0.480 e. The van der Waals surface area contributed by atoms with Gasteiger partial charge in [0.05, 0.1) is 0 Å². The maximum Gasteiger partial charge on any atom is 0.326 e. The van der Waals surface area contributed by atoms with Crippen molar-refractivity contribution in [1.82, 2.24) is 10.2 Å². The molecule has 2 aliphatic rings. The number of amides is 1. The largest absolute Gasteiger partial charge is 0.480 e. The Morgan fingerprint density at radius 2 is 1.95 bits per heavy atom. The normalized spacial score (nSPS) is 31.5. The van der Waals surface area contributed by atoms with E-state index in [1.807, 2.05) is 14.0 Å². The van der Waals surface area contributed by atoms with Gasteiger partial charge in [-0.1, -0.05) is 19.8 Å². The Balaban J connectivity index is 2.20. The van der Waals surface area contributed by atoms with Gasteiger partial charge in [-0.25, -0.2) is 4.79 Å². The number of fused-ring (bicyclic) bond motifs is 1. The van der Waals surface area contributed by atoms with Crippen LogP contribution < -0.4 is 5.32 Å². The first-order valence-electron chi connectivity index (χ1n) is 7.75. The number of carboxylic acids is 1. The smallest absolute Gasteiger partial charge is 0.326 e. The van der Waals surface area contributed by atoms with Crippen LogP contribution in [-0.4, -0.2) is 47.6 Å². The maximum absolute atomic E-state index is 12.7. The van der Waals surface area contributed by atoms with Crippen molar-refractivity contribution < 1.29 is 14.7 Å². The Morgan fingerprint density at radius 3 is 2.60 bits per heavy atom. The van der Waals surface area contributed by atoms with E-state index >= 15 is 0 Å². The third-order valence-corrected chi connectivity index (χ3v) is 4.84. The van der Waals surface area contributed by atoms with E-state index < -0.39 is 12.0 Å². The standard InChI is InChI=1S/C15H26N2O3/c1-10(9-16-2)14(18)17-12-6-4-3-5-11(12)7-8-13(17)15(19)20/h10-13,16H,3-9H2,1-2H3,(H,19,20). The van der Waals surface area contributed by atoms with Crippen molar-refractivity contribution in [2.75, 3.05) is 13.6 Å². The van der Waals surface area contributed by atoms with Crippen LogP contribution in [0.3, 0.4) is 0 Å². The van der Waals surface area contributed by atoms with E-state index in [2.05, 4.69) is 5.32 Å². The topological polar surface area (TPSA) is 69.6 Å². The lowest BCUT2D eigenvalue weighted by Crippen LogP contribution is -2.59. The third-order valence-electron chi connectivity index (χ3n) is 4.84. The van der Waals surface area contributed by atoms with Crippen LogP contribution >= 0.6 is 0 Å². The predicted molar refractivity (Wildman–Crippen MR) is 76.3 cm³/mol. The van der Waals surface area contributed by atoms with E-state index in [1.165, 1.54) is 6.42 Å². The number of aliphatic carboxylic acids is 1. The highest BCUT2D eigenvalue weighted by Gasteiger charge is 2.44. The Hall–Kier alpha value is -1.10. The van der Waals surface area contributed by atoms with Gasteiger partial charge in [-0.3, -0.25) is 4.79 Å². The summed E-state index contributed by atoms with van der Waals surface area (Å²) >= 11 is 0. The molecular weight excluding hydrogens is 256 g/mol. The first kappa shape index (κ1) is 15.3. The zero-order valence-corrected chi connectivity index (χ0v) is 12.5. The second-order valence-electron chi connectivity index (χ2n) is 6.25. The summed E-state index contributed by atoms with van der Waals surface area (Å²) in [4.78, 5) is 25.9. The van der Waals surface area contributed by atoms with Crippen molar-refractivity contribution in [1.29, 1.82) is 0 Å². The molecule has 1 saturated heterocycles. The highest BCUT2D eigenvalue weighted by atomic mass is 16.4. The van der Waals surface area contributed by atoms with E-state index in [4.69, 9.17) is 0 Å². The van der Waals surface area contributed by atoms with Gasteiger partial charge in [0.2, 0.25) is 5.91 Å². The summed E-state index contributed by atoms with van der Waals surface area (Å²) in [6.45, 7) is 2.48. The van der Waals surface area contributed by atoms with Crippen LogP contribution in [0, 0.1) is 11.8 Å². The van der Waals surface area contributed by atoms with Crippen LogP contribution in [0.25, 0.3) is 0 Å². The highest BCUT2D eigenvalue weighted by Crippen LogP contribution is 2.38. The number of nitrogens with one attached hydrogen (secondary N) is 1. The summed E-state index contributed by atoms with van der Waals surface area (Å²) in [5.74, 6) is -0.505. The van der Waals surface area contributed by atoms with Crippen LogP contribution in [0.1, 0.15) is 45.4 Å². The molecule has 5 heteroatoms. The number of hydrogen-bond donors (Lipinski definition) is 2. The summed E-state index contributed by atoms with van der Waals surface area (Å²) in [6, 6.07) is -0.480. The van der Waals surface area contributed by atoms with Gasteiger partial charge in [-0.05, 0) is 38.6 Å². The molecule has 114 valence electrons. The molecule has 0 radical (unpaired) electrons. The lowest BCUT2D eigenvalue weighted by molar-refractivity contribution is -0.160. The average Bonchev–Trinajstić information content (AvgIpc) is 2.45. The van der Waals surface area contributed by atoms with Crippen molar-refractivity contribution in [3.05, 3.63) is 0 Å². The number of carbonyl (C=O) groups excluding carboxylic acids is 1. The van der Waals surface area contributed by atoms with Gasteiger partial charge in [0, 0.05) is 18.5 Å². The molecule has 1 heterocycles. The van der Waals surface area contributed by atoms with E-state index in [1.54, 1.807) is 4.90 Å². The van der Waals surface area contributed by atoms with Crippen LogP contribution in [0.4, 0.5) is 0 Å². The number of carbonyl (C=O) groups is 2. The first-order chi connectivity index (χ1) is 9.56. The van der Waals surface area contributed by atoms with E-state index in [0.29, 0.717) is 18.9 Å². The number of nitrogens with zero attached hydrogens (tertiary/aromatic N) is 1. The van der Waals surface area contributed by atoms with Crippen LogP contribution in [0.5, 0.6) is 0 Å². The minimum atomic E-state index is -0.848. The number of likely N-dealkylation sites (tertiary alicyclic amines) is 1. The van der Waals surface area contributed by atoms with Gasteiger partial charge in [0.1, 0.15) is 6.04 Å². The lowest BCUT2D eigenvalue weighted by Gasteiger charge is -2.48. The summed E-state index contributed by atoms with van der Waals surface area (Å²) in [5.41, 5.74) is 0. The molecule has 1 aliphatic carbocycles. The fourth-order valence-electron chi connectivity index (χ4n) is 3.84. The predicted octanol–water partition coefficient (Wildman–Crippen LogP) is 1.48. The van der Waals surface area contributed by atoms with Crippen LogP contribution in [-0.2, 0) is 9.59 Å². The number of piperidine rings is 1. The average molecular weight is 282 g/mol. The van der Waals surface area contributed by atoms with Crippen molar-refractivity contribution >= 4 is 11.9 Å². The number of rotatable bonds is 4. The minimum absolute atomic E-state index is 0.00310. The van der Waals surface area contributed by atoms with E-state index in [-0.39, 0.29) is 17.9 Å². The van der Waals surface area contributed by atoms with Gasteiger partial charge in [0.25, 0.3) is 0 Å². The molecule has 20 heavy (non-hydrogen) atoms.